The molecule has 0 spiro atoms. The van der Waals surface area contributed by atoms with Crippen molar-refractivity contribution in [2.24, 2.45) is 5.92 Å². The first-order valence-corrected chi connectivity index (χ1v) is 14.4. The molecule has 1 aliphatic heterocycles. The van der Waals surface area contributed by atoms with Crippen LogP contribution in [-0.2, 0) is 6.54 Å². The maximum atomic E-state index is 13.5. The molecule has 9 nitrogen and oxygen atoms in total. The van der Waals surface area contributed by atoms with Crippen LogP contribution >= 0.6 is 11.6 Å². The Hall–Kier alpha value is -4.09. The molecule has 1 saturated heterocycles. The molecule has 1 aliphatic rings. The van der Waals surface area contributed by atoms with E-state index in [1.54, 1.807) is 4.90 Å². The van der Waals surface area contributed by atoms with E-state index in [1.165, 1.54) is 38.4 Å². The monoisotopic (exact) mass is 654 g/mol. The fourth-order valence-corrected chi connectivity index (χ4v) is 5.48. The number of benzene rings is 2. The third kappa shape index (κ3) is 8.55. The largest absolute Gasteiger partial charge is 0.495 e. The number of nitrogens with one attached hydrogen (secondary N) is 3. The van der Waals surface area contributed by atoms with Gasteiger partial charge >= 0.3 is 6.18 Å². The molecule has 1 aromatic heterocycles. The second-order valence-electron chi connectivity index (χ2n) is 10.6. The maximum absolute atomic E-state index is 13.5. The van der Waals surface area contributed by atoms with Crippen LogP contribution in [0.3, 0.4) is 0 Å². The second kappa shape index (κ2) is 14.3. The van der Waals surface area contributed by atoms with E-state index in [4.69, 9.17) is 16.3 Å². The molecular formula is C30H32ClF5N6O3. The van der Waals surface area contributed by atoms with Crippen molar-refractivity contribution in [1.29, 1.82) is 0 Å². The number of hydrogen-bond acceptors (Lipinski definition) is 6. The third-order valence-electron chi connectivity index (χ3n) is 7.38. The number of imidazole rings is 1. The molecule has 0 unspecified atom stereocenters. The number of ether oxygens (including phenoxy) is 1. The highest BCUT2D eigenvalue weighted by Crippen LogP contribution is 2.31. The van der Waals surface area contributed by atoms with Gasteiger partial charge in [-0.05, 0) is 30.5 Å². The van der Waals surface area contributed by atoms with Crippen LogP contribution in [-0.4, -0.2) is 85.2 Å². The summed E-state index contributed by atoms with van der Waals surface area (Å²) < 4.78 is 71.8. The molecule has 4 rings (SSSR count). The van der Waals surface area contributed by atoms with E-state index in [1.807, 2.05) is 6.92 Å². The summed E-state index contributed by atoms with van der Waals surface area (Å²) >= 11 is 6.18. The molecule has 3 N–H and O–H groups in total. The number of carbonyl (C=O) groups excluding carboxylic acids is 2. The van der Waals surface area contributed by atoms with E-state index >= 15 is 0 Å². The Morgan fingerprint density at radius 1 is 1.18 bits per heavy atom. The number of hydrogen-bond donors (Lipinski definition) is 3. The van der Waals surface area contributed by atoms with Crippen molar-refractivity contribution < 1.29 is 36.3 Å². The van der Waals surface area contributed by atoms with Crippen molar-refractivity contribution in [1.82, 2.24) is 25.1 Å². The Bertz CT molecular complexity index is 1620. The van der Waals surface area contributed by atoms with Crippen LogP contribution in [0.25, 0.3) is 11.0 Å². The second-order valence-corrected chi connectivity index (χ2v) is 11.0. The lowest BCUT2D eigenvalue weighted by molar-refractivity contribution is -0.140. The standard InChI is InChI=1S/C30H32ClF5N6O3/c1-17-13-41(14-26(32)33)8-6-22(17)40-29(44)20-9-18(10-24-27(20)39-16-42(24)15-30(34,35)36)5-4-7-38-23-11-19(28(43)37-2)21(31)12-25(23)45-3/h9-12,16-17,22,26,38H,6-8,13-15H2,1-3H3,(H,37,43)(H,40,44)/t17-,22-/m0/s1. The molecular weight excluding hydrogens is 623 g/mol. The quantitative estimate of drug-likeness (QED) is 0.227. The van der Waals surface area contributed by atoms with Crippen LogP contribution in [0.15, 0.2) is 30.6 Å². The third-order valence-corrected chi connectivity index (χ3v) is 7.70. The Morgan fingerprint density at radius 2 is 1.93 bits per heavy atom. The van der Waals surface area contributed by atoms with Crippen LogP contribution in [0.5, 0.6) is 5.75 Å². The van der Waals surface area contributed by atoms with E-state index in [-0.39, 0.29) is 57.8 Å². The molecule has 2 atom stereocenters. The predicted molar refractivity (Wildman–Crippen MR) is 160 cm³/mol. The first-order chi connectivity index (χ1) is 21.3. The van der Waals surface area contributed by atoms with Crippen LogP contribution in [0.1, 0.15) is 39.6 Å². The van der Waals surface area contributed by atoms with Crippen molar-refractivity contribution in [2.45, 2.75) is 38.5 Å². The van der Waals surface area contributed by atoms with Crippen molar-refractivity contribution in [3.63, 3.8) is 0 Å². The van der Waals surface area contributed by atoms with E-state index < -0.39 is 31.0 Å². The summed E-state index contributed by atoms with van der Waals surface area (Å²) in [6.45, 7) is 0.966. The Kier molecular flexibility index (Phi) is 10.8. The molecule has 2 heterocycles. The zero-order valence-electron chi connectivity index (χ0n) is 24.7. The summed E-state index contributed by atoms with van der Waals surface area (Å²) in [6, 6.07) is 5.54. The van der Waals surface area contributed by atoms with Gasteiger partial charge in [-0.15, -0.1) is 0 Å². The fraction of sp³-hybridized carbons (Fsp3) is 0.433. The number of carbonyl (C=O) groups is 2. The van der Waals surface area contributed by atoms with Gasteiger partial charge < -0.3 is 25.3 Å². The maximum Gasteiger partial charge on any atom is 0.406 e. The number of halogens is 6. The number of fused-ring (bicyclic) bond motifs is 1. The fourth-order valence-electron chi connectivity index (χ4n) is 5.24. The van der Waals surface area contributed by atoms with Crippen LogP contribution in [0.4, 0.5) is 27.6 Å². The molecule has 3 aromatic rings. The average molecular weight is 655 g/mol. The minimum atomic E-state index is -4.53. The van der Waals surface area contributed by atoms with Gasteiger partial charge in [-0.1, -0.05) is 30.4 Å². The summed E-state index contributed by atoms with van der Waals surface area (Å²) in [5.74, 6) is 5.03. The lowest BCUT2D eigenvalue weighted by atomic mass is 9.93. The van der Waals surface area contributed by atoms with E-state index in [0.717, 1.165) is 10.9 Å². The smallest absolute Gasteiger partial charge is 0.406 e. The number of nitrogens with zero attached hydrogens (tertiary/aromatic N) is 3. The molecule has 45 heavy (non-hydrogen) atoms. The molecule has 15 heteroatoms. The summed E-state index contributed by atoms with van der Waals surface area (Å²) in [4.78, 5) is 31.4. The van der Waals surface area contributed by atoms with Gasteiger partial charge in [0.05, 0.1) is 53.9 Å². The molecule has 0 bridgehead atoms. The summed E-state index contributed by atoms with van der Waals surface area (Å²) in [5.41, 5.74) is 1.11. The first-order valence-electron chi connectivity index (χ1n) is 14.0. The summed E-state index contributed by atoms with van der Waals surface area (Å²) in [5, 5.41) is 8.64. The summed E-state index contributed by atoms with van der Waals surface area (Å²) in [7, 11) is 2.90. The lowest BCUT2D eigenvalue weighted by Crippen LogP contribution is -2.50. The molecule has 0 saturated carbocycles. The van der Waals surface area contributed by atoms with Crippen molar-refractivity contribution in [3.8, 4) is 17.6 Å². The van der Waals surface area contributed by atoms with Crippen molar-refractivity contribution in [3.05, 3.63) is 52.3 Å². The van der Waals surface area contributed by atoms with Crippen LogP contribution in [0, 0.1) is 17.8 Å². The average Bonchev–Trinajstić information content (AvgIpc) is 3.36. The zero-order chi connectivity index (χ0) is 32.9. The van der Waals surface area contributed by atoms with Gasteiger partial charge in [-0.2, -0.15) is 13.2 Å². The van der Waals surface area contributed by atoms with E-state index in [9.17, 15) is 31.5 Å². The molecule has 242 valence electrons. The highest BCUT2D eigenvalue weighted by molar-refractivity contribution is 6.34. The molecule has 2 aromatic carbocycles. The number of alkyl halides is 5. The highest BCUT2D eigenvalue weighted by atomic mass is 35.5. The van der Waals surface area contributed by atoms with Gasteiger partial charge in [-0.3, -0.25) is 14.5 Å². The Morgan fingerprint density at radius 3 is 2.58 bits per heavy atom. The SMILES string of the molecule is CNC(=O)c1cc(NCC#Cc2cc(C(=O)N[C@H]3CCN(CC(F)F)C[C@@H]3C)c3ncn(CC(F)(F)F)c3c2)c(OC)cc1Cl. The number of anilines is 1. The van der Waals surface area contributed by atoms with Crippen LogP contribution < -0.4 is 20.7 Å². The minimum Gasteiger partial charge on any atom is -0.495 e. The van der Waals surface area contributed by atoms with Gasteiger partial charge in [0, 0.05) is 37.8 Å². The molecule has 0 radical (unpaired) electrons. The summed E-state index contributed by atoms with van der Waals surface area (Å²) in [6.07, 6.45) is -5.54. The number of amides is 2. The molecule has 1 fully saturated rings. The highest BCUT2D eigenvalue weighted by Gasteiger charge is 2.31. The lowest BCUT2D eigenvalue weighted by Gasteiger charge is -2.37. The van der Waals surface area contributed by atoms with Gasteiger partial charge in [0.1, 0.15) is 17.8 Å². The number of aromatic nitrogens is 2. The Labute approximate surface area is 261 Å². The number of methoxy groups -OCH3 is 1. The topological polar surface area (TPSA) is 101 Å². The number of piperidine rings is 1. The van der Waals surface area contributed by atoms with Gasteiger partial charge in [0.15, 0.2) is 0 Å². The molecule has 2 amide bonds. The first kappa shape index (κ1) is 33.8. The van der Waals surface area contributed by atoms with Gasteiger partial charge in [-0.25, -0.2) is 13.8 Å². The van der Waals surface area contributed by atoms with E-state index in [0.29, 0.717) is 30.9 Å². The van der Waals surface area contributed by atoms with Gasteiger partial charge in [0.25, 0.3) is 18.2 Å². The minimum absolute atomic E-state index is 0.0429. The van der Waals surface area contributed by atoms with Crippen LogP contribution in [0.2, 0.25) is 5.02 Å². The number of rotatable bonds is 9. The normalized spacial score (nSPS) is 17.1. The zero-order valence-corrected chi connectivity index (χ0v) is 25.5. The van der Waals surface area contributed by atoms with E-state index in [2.05, 4.69) is 32.8 Å². The van der Waals surface area contributed by atoms with Crippen molar-refractivity contribution >= 4 is 40.1 Å². The van der Waals surface area contributed by atoms with Gasteiger partial charge in [0.2, 0.25) is 0 Å². The Balaban J connectivity index is 1.60. The predicted octanol–water partition coefficient (Wildman–Crippen LogP) is 4.79. The van der Waals surface area contributed by atoms with Crippen molar-refractivity contribution in [2.75, 3.05) is 45.7 Å². The number of likely N-dealkylation sites (tertiary alicyclic amines) is 1. The molecule has 0 aliphatic carbocycles.